The highest BCUT2D eigenvalue weighted by Crippen LogP contribution is 2.23. The zero-order valence-electron chi connectivity index (χ0n) is 11.7. The molecule has 22 heavy (non-hydrogen) atoms. The fourth-order valence-electron chi connectivity index (χ4n) is 2.41. The first-order valence-electron chi connectivity index (χ1n) is 6.90. The van der Waals surface area contributed by atoms with E-state index in [1.54, 1.807) is 28.7 Å². The first-order valence-corrected chi connectivity index (χ1v) is 7.78. The minimum absolute atomic E-state index is 0.232. The summed E-state index contributed by atoms with van der Waals surface area (Å²) in [7, 11) is 0. The fraction of sp³-hybridized carbons (Fsp3) is 0.357. The first-order chi connectivity index (χ1) is 10.6. The lowest BCUT2D eigenvalue weighted by atomic mass is 9.98. The summed E-state index contributed by atoms with van der Waals surface area (Å²) in [5, 5.41) is 11.3. The van der Waals surface area contributed by atoms with E-state index >= 15 is 0 Å². The van der Waals surface area contributed by atoms with Crippen molar-refractivity contribution in [1.82, 2.24) is 19.9 Å². The molecular formula is C14H14N4O3S. The molecule has 2 aromatic rings. The number of piperidine rings is 1. The van der Waals surface area contributed by atoms with Crippen molar-refractivity contribution in [2.24, 2.45) is 5.92 Å². The number of aliphatic carboxylic acids is 1. The van der Waals surface area contributed by atoms with Gasteiger partial charge in [-0.15, -0.1) is 11.3 Å². The Kier molecular flexibility index (Phi) is 4.10. The molecule has 0 aromatic carbocycles. The highest BCUT2D eigenvalue weighted by molar-refractivity contribution is 7.13. The molecule has 0 bridgehead atoms. The molecule has 1 amide bonds. The summed E-state index contributed by atoms with van der Waals surface area (Å²) in [6.07, 6.45) is 4.54. The lowest BCUT2D eigenvalue weighted by Crippen LogP contribution is -2.42. The third-order valence-electron chi connectivity index (χ3n) is 3.54. The van der Waals surface area contributed by atoms with Gasteiger partial charge in [0.25, 0.3) is 5.91 Å². The number of amides is 1. The number of carbonyl (C=O) groups excluding carboxylic acids is 1. The van der Waals surface area contributed by atoms with Crippen LogP contribution in [0.1, 0.15) is 23.3 Å². The van der Waals surface area contributed by atoms with E-state index in [9.17, 15) is 9.59 Å². The van der Waals surface area contributed by atoms with Crippen molar-refractivity contribution in [3.8, 4) is 10.8 Å². The molecule has 2 aromatic heterocycles. The van der Waals surface area contributed by atoms with Crippen LogP contribution < -0.4 is 0 Å². The Morgan fingerprint density at radius 2 is 2.09 bits per heavy atom. The number of thiazole rings is 1. The number of nitrogens with zero attached hydrogens (tertiary/aromatic N) is 4. The van der Waals surface area contributed by atoms with Crippen LogP contribution in [0.4, 0.5) is 0 Å². The maximum atomic E-state index is 12.4. The summed E-state index contributed by atoms with van der Waals surface area (Å²) in [6.45, 7) is 0.806. The number of rotatable bonds is 3. The molecule has 3 rings (SSSR count). The van der Waals surface area contributed by atoms with Crippen molar-refractivity contribution in [2.75, 3.05) is 13.1 Å². The molecule has 1 saturated heterocycles. The van der Waals surface area contributed by atoms with Crippen molar-refractivity contribution in [2.45, 2.75) is 12.8 Å². The van der Waals surface area contributed by atoms with Gasteiger partial charge in [-0.05, 0) is 18.9 Å². The van der Waals surface area contributed by atoms with Crippen LogP contribution in [0.25, 0.3) is 10.8 Å². The van der Waals surface area contributed by atoms with Crippen molar-refractivity contribution in [1.29, 1.82) is 0 Å². The van der Waals surface area contributed by atoms with E-state index in [1.165, 1.54) is 11.3 Å². The van der Waals surface area contributed by atoms with Gasteiger partial charge in [0.15, 0.2) is 10.8 Å². The molecule has 1 N–H and O–H groups in total. The average molecular weight is 318 g/mol. The quantitative estimate of drug-likeness (QED) is 0.922. The molecular weight excluding hydrogens is 304 g/mol. The number of carbonyl (C=O) groups is 2. The molecule has 0 spiro atoms. The van der Waals surface area contributed by atoms with Crippen LogP contribution in [-0.4, -0.2) is 49.9 Å². The van der Waals surface area contributed by atoms with Crippen molar-refractivity contribution in [3.05, 3.63) is 29.5 Å². The molecule has 1 aliphatic rings. The van der Waals surface area contributed by atoms with Gasteiger partial charge >= 0.3 is 5.97 Å². The Hall–Kier alpha value is -2.35. The van der Waals surface area contributed by atoms with E-state index in [2.05, 4.69) is 15.0 Å². The number of carboxylic acid groups (broad SMARTS) is 1. The standard InChI is InChI=1S/C14H14N4O3S/c19-13(18-6-1-3-9(7-18)14(20)21)10-8-22-12(17-10)11-15-4-2-5-16-11/h2,4-5,8-9H,1,3,6-7H2,(H,20,21). The summed E-state index contributed by atoms with van der Waals surface area (Å²) >= 11 is 1.30. The van der Waals surface area contributed by atoms with Crippen LogP contribution in [0, 0.1) is 5.92 Å². The Morgan fingerprint density at radius 3 is 2.82 bits per heavy atom. The molecule has 114 valence electrons. The summed E-state index contributed by atoms with van der Waals surface area (Å²) in [5.41, 5.74) is 0.318. The fourth-order valence-corrected chi connectivity index (χ4v) is 3.15. The van der Waals surface area contributed by atoms with Crippen molar-refractivity contribution < 1.29 is 14.7 Å². The molecule has 1 atom stereocenters. The van der Waals surface area contributed by atoms with Crippen LogP contribution in [0.5, 0.6) is 0 Å². The van der Waals surface area contributed by atoms with Crippen LogP contribution in [0.15, 0.2) is 23.8 Å². The lowest BCUT2D eigenvalue weighted by Gasteiger charge is -2.30. The molecule has 0 saturated carbocycles. The third-order valence-corrected chi connectivity index (χ3v) is 4.38. The Balaban J connectivity index is 1.76. The molecule has 1 unspecified atom stereocenters. The van der Waals surface area contributed by atoms with Crippen molar-refractivity contribution in [3.63, 3.8) is 0 Å². The minimum Gasteiger partial charge on any atom is -0.481 e. The topological polar surface area (TPSA) is 96.3 Å². The van der Waals surface area contributed by atoms with Gasteiger partial charge in [0.1, 0.15) is 5.69 Å². The number of hydrogen-bond acceptors (Lipinski definition) is 6. The van der Waals surface area contributed by atoms with Crippen LogP contribution in [-0.2, 0) is 4.79 Å². The van der Waals surface area contributed by atoms with E-state index in [4.69, 9.17) is 5.11 Å². The molecule has 0 aliphatic carbocycles. The Bertz CT molecular complexity index is 688. The highest BCUT2D eigenvalue weighted by atomic mass is 32.1. The van der Waals surface area contributed by atoms with Gasteiger partial charge in [-0.2, -0.15) is 0 Å². The van der Waals surface area contributed by atoms with E-state index in [-0.39, 0.29) is 12.5 Å². The van der Waals surface area contributed by atoms with Crippen LogP contribution >= 0.6 is 11.3 Å². The van der Waals surface area contributed by atoms with Gasteiger partial charge in [-0.1, -0.05) is 0 Å². The second kappa shape index (κ2) is 6.18. The number of aromatic nitrogens is 3. The summed E-state index contributed by atoms with van der Waals surface area (Å²) in [6, 6.07) is 1.71. The second-order valence-electron chi connectivity index (χ2n) is 5.04. The number of likely N-dealkylation sites (tertiary alicyclic amines) is 1. The third kappa shape index (κ3) is 2.96. The maximum Gasteiger partial charge on any atom is 0.308 e. The van der Waals surface area contributed by atoms with Crippen LogP contribution in [0.3, 0.4) is 0 Å². The predicted octanol–water partition coefficient (Wildman–Crippen LogP) is 1.54. The monoisotopic (exact) mass is 318 g/mol. The van der Waals surface area contributed by atoms with Gasteiger partial charge in [0, 0.05) is 30.9 Å². The van der Waals surface area contributed by atoms with Gasteiger partial charge in [-0.3, -0.25) is 9.59 Å². The molecule has 1 aliphatic heterocycles. The molecule has 3 heterocycles. The van der Waals surface area contributed by atoms with Crippen LogP contribution in [0.2, 0.25) is 0 Å². The zero-order valence-corrected chi connectivity index (χ0v) is 12.5. The average Bonchev–Trinajstić information content (AvgIpc) is 3.05. The van der Waals surface area contributed by atoms with Gasteiger partial charge < -0.3 is 10.0 Å². The first kappa shape index (κ1) is 14.6. The maximum absolute atomic E-state index is 12.4. The molecule has 1 fully saturated rings. The minimum atomic E-state index is -0.853. The summed E-state index contributed by atoms with van der Waals surface area (Å²) in [4.78, 5) is 37.6. The molecule has 8 heteroatoms. The zero-order chi connectivity index (χ0) is 15.5. The smallest absolute Gasteiger partial charge is 0.308 e. The Labute approximate surface area is 130 Å². The van der Waals surface area contributed by atoms with Gasteiger partial charge in [0.05, 0.1) is 5.92 Å². The predicted molar refractivity (Wildman–Crippen MR) is 79.4 cm³/mol. The Morgan fingerprint density at radius 1 is 1.32 bits per heavy atom. The normalized spacial score (nSPS) is 18.2. The SMILES string of the molecule is O=C(O)C1CCCN(C(=O)c2csc(-c3ncccn3)n2)C1. The highest BCUT2D eigenvalue weighted by Gasteiger charge is 2.29. The second-order valence-corrected chi connectivity index (χ2v) is 5.90. The van der Waals surface area contributed by atoms with Gasteiger partial charge in [-0.25, -0.2) is 15.0 Å². The van der Waals surface area contributed by atoms with Crippen molar-refractivity contribution >= 4 is 23.2 Å². The van der Waals surface area contributed by atoms with E-state index < -0.39 is 11.9 Å². The number of hydrogen-bond donors (Lipinski definition) is 1. The van der Waals surface area contributed by atoms with E-state index in [0.717, 1.165) is 0 Å². The summed E-state index contributed by atoms with van der Waals surface area (Å²) in [5.74, 6) is -1.10. The van der Waals surface area contributed by atoms with E-state index in [0.29, 0.717) is 35.9 Å². The summed E-state index contributed by atoms with van der Waals surface area (Å²) < 4.78 is 0. The van der Waals surface area contributed by atoms with E-state index in [1.807, 2.05) is 0 Å². The molecule has 0 radical (unpaired) electrons. The largest absolute Gasteiger partial charge is 0.481 e. The molecule has 7 nitrogen and oxygen atoms in total. The number of carboxylic acids is 1. The van der Waals surface area contributed by atoms with Gasteiger partial charge in [0.2, 0.25) is 0 Å². The lowest BCUT2D eigenvalue weighted by molar-refractivity contribution is -0.143.